The first-order valence-corrected chi connectivity index (χ1v) is 6.98. The fourth-order valence-electron chi connectivity index (χ4n) is 1.97. The van der Waals surface area contributed by atoms with Crippen LogP contribution >= 0.6 is 11.3 Å². The van der Waals surface area contributed by atoms with E-state index in [1.807, 2.05) is 6.92 Å². The molecule has 1 N–H and O–H groups in total. The van der Waals surface area contributed by atoms with Crippen LogP contribution in [-0.2, 0) is 6.42 Å². The molecule has 0 spiro atoms. The summed E-state index contributed by atoms with van der Waals surface area (Å²) >= 11 is 1.32. The first-order valence-electron chi connectivity index (χ1n) is 6.17. The minimum atomic E-state index is -0.843. The number of aromatic nitrogens is 1. The molecule has 0 atom stereocenters. The normalized spacial score (nSPS) is 14.9. The van der Waals surface area contributed by atoms with Gasteiger partial charge in [-0.25, -0.2) is 9.78 Å². The second-order valence-electron chi connectivity index (χ2n) is 4.34. The van der Waals surface area contributed by atoms with Gasteiger partial charge in [0.2, 0.25) is 0 Å². The van der Waals surface area contributed by atoms with Gasteiger partial charge in [0.05, 0.1) is 5.69 Å². The van der Waals surface area contributed by atoms with E-state index in [2.05, 4.69) is 16.8 Å². The largest absolute Gasteiger partial charge is 0.477 e. The number of aryl methyl sites for hydroxylation is 1. The second kappa shape index (κ2) is 5.04. The van der Waals surface area contributed by atoms with Gasteiger partial charge < -0.3 is 10.0 Å². The predicted octanol–water partition coefficient (Wildman–Crippen LogP) is 2.78. The van der Waals surface area contributed by atoms with E-state index in [9.17, 15) is 4.79 Å². The third-order valence-corrected chi connectivity index (χ3v) is 4.06. The molecule has 0 unspecified atom stereocenters. The van der Waals surface area contributed by atoms with Crippen molar-refractivity contribution in [3.8, 4) is 0 Å². The number of thiazole rings is 1. The molecule has 2 rings (SSSR count). The Labute approximate surface area is 105 Å². The van der Waals surface area contributed by atoms with Gasteiger partial charge in [0, 0.05) is 12.6 Å². The smallest absolute Gasteiger partial charge is 0.347 e. The molecule has 94 valence electrons. The van der Waals surface area contributed by atoms with Crippen LogP contribution in [0.4, 0.5) is 5.13 Å². The number of carboxylic acids is 1. The third-order valence-electron chi connectivity index (χ3n) is 2.94. The molecule has 5 heteroatoms. The van der Waals surface area contributed by atoms with Crippen LogP contribution in [0.15, 0.2) is 0 Å². The summed E-state index contributed by atoms with van der Waals surface area (Å²) in [5, 5.41) is 10.1. The number of aromatic carboxylic acids is 1. The van der Waals surface area contributed by atoms with Gasteiger partial charge in [0.15, 0.2) is 5.13 Å². The van der Waals surface area contributed by atoms with Crippen LogP contribution < -0.4 is 4.90 Å². The van der Waals surface area contributed by atoms with E-state index in [-0.39, 0.29) is 0 Å². The number of nitrogens with zero attached hydrogens (tertiary/aromatic N) is 2. The fourth-order valence-corrected chi connectivity index (χ4v) is 3.06. The van der Waals surface area contributed by atoms with E-state index >= 15 is 0 Å². The van der Waals surface area contributed by atoms with E-state index in [1.54, 1.807) is 0 Å². The molecule has 1 heterocycles. The highest BCUT2D eigenvalue weighted by Crippen LogP contribution is 2.35. The Morgan fingerprint density at radius 2 is 2.24 bits per heavy atom. The molecule has 0 bridgehead atoms. The quantitative estimate of drug-likeness (QED) is 0.848. The van der Waals surface area contributed by atoms with Crippen LogP contribution in [0.5, 0.6) is 0 Å². The molecule has 0 amide bonds. The Balaban J connectivity index is 2.28. The van der Waals surface area contributed by atoms with Crippen LogP contribution in [0.3, 0.4) is 0 Å². The Bertz CT molecular complexity index is 413. The second-order valence-corrected chi connectivity index (χ2v) is 5.32. The van der Waals surface area contributed by atoms with E-state index in [4.69, 9.17) is 5.11 Å². The molecule has 1 saturated carbocycles. The van der Waals surface area contributed by atoms with Gasteiger partial charge in [-0.05, 0) is 26.2 Å². The Hall–Kier alpha value is -1.10. The van der Waals surface area contributed by atoms with Crippen molar-refractivity contribution in [3.05, 3.63) is 10.6 Å². The first kappa shape index (κ1) is 12.4. The average molecular weight is 254 g/mol. The van der Waals surface area contributed by atoms with Gasteiger partial charge >= 0.3 is 5.97 Å². The maximum absolute atomic E-state index is 11.2. The van der Waals surface area contributed by atoms with Crippen molar-refractivity contribution < 1.29 is 9.90 Å². The van der Waals surface area contributed by atoms with Crippen LogP contribution in [-0.4, -0.2) is 28.6 Å². The van der Waals surface area contributed by atoms with Crippen molar-refractivity contribution in [2.75, 3.05) is 11.4 Å². The van der Waals surface area contributed by atoms with E-state index in [0.29, 0.717) is 10.9 Å². The molecule has 4 nitrogen and oxygen atoms in total. The zero-order valence-electron chi connectivity index (χ0n) is 10.3. The molecule has 17 heavy (non-hydrogen) atoms. The highest BCUT2D eigenvalue weighted by Gasteiger charge is 2.31. The SMILES string of the molecule is CCCc1nc(N(CC)C2CC2)sc1C(=O)O. The van der Waals surface area contributed by atoms with Crippen LogP contribution in [0.2, 0.25) is 0 Å². The summed E-state index contributed by atoms with van der Waals surface area (Å²) in [6.07, 6.45) is 4.09. The summed E-state index contributed by atoms with van der Waals surface area (Å²) in [6.45, 7) is 5.05. The number of carbonyl (C=O) groups is 1. The van der Waals surface area contributed by atoms with Gasteiger partial charge in [-0.3, -0.25) is 0 Å². The van der Waals surface area contributed by atoms with Gasteiger partial charge in [-0.15, -0.1) is 0 Å². The zero-order chi connectivity index (χ0) is 12.4. The lowest BCUT2D eigenvalue weighted by Gasteiger charge is -2.18. The molecule has 1 aromatic heterocycles. The van der Waals surface area contributed by atoms with Gasteiger partial charge in [0.25, 0.3) is 0 Å². The van der Waals surface area contributed by atoms with Gasteiger partial charge in [0.1, 0.15) is 4.88 Å². The lowest BCUT2D eigenvalue weighted by atomic mass is 10.2. The average Bonchev–Trinajstić information content (AvgIpc) is 3.02. The van der Waals surface area contributed by atoms with Crippen molar-refractivity contribution >= 4 is 22.4 Å². The molecule has 0 radical (unpaired) electrons. The minimum Gasteiger partial charge on any atom is -0.477 e. The van der Waals surface area contributed by atoms with Crippen molar-refractivity contribution in [1.29, 1.82) is 0 Å². The highest BCUT2D eigenvalue weighted by molar-refractivity contribution is 7.17. The topological polar surface area (TPSA) is 53.4 Å². The Morgan fingerprint density at radius 1 is 1.53 bits per heavy atom. The zero-order valence-corrected chi connectivity index (χ0v) is 11.1. The van der Waals surface area contributed by atoms with Crippen LogP contribution in [0.25, 0.3) is 0 Å². The van der Waals surface area contributed by atoms with Crippen molar-refractivity contribution in [2.45, 2.75) is 45.6 Å². The van der Waals surface area contributed by atoms with Crippen LogP contribution in [0, 0.1) is 0 Å². The molecule has 0 saturated heterocycles. The fraction of sp³-hybridized carbons (Fsp3) is 0.667. The molecule has 1 aliphatic rings. The lowest BCUT2D eigenvalue weighted by Crippen LogP contribution is -2.24. The monoisotopic (exact) mass is 254 g/mol. The maximum atomic E-state index is 11.2. The number of rotatable bonds is 6. The van der Waals surface area contributed by atoms with Crippen molar-refractivity contribution in [2.24, 2.45) is 0 Å². The molecular formula is C12H18N2O2S. The summed E-state index contributed by atoms with van der Waals surface area (Å²) in [5.41, 5.74) is 0.749. The first-order chi connectivity index (χ1) is 8.17. The summed E-state index contributed by atoms with van der Waals surface area (Å²) in [5.74, 6) is -0.843. The molecule has 0 aromatic carbocycles. The molecule has 1 aliphatic carbocycles. The van der Waals surface area contributed by atoms with Crippen LogP contribution in [0.1, 0.15) is 48.5 Å². The van der Waals surface area contributed by atoms with Crippen molar-refractivity contribution in [1.82, 2.24) is 4.98 Å². The molecule has 1 fully saturated rings. The van der Waals surface area contributed by atoms with Crippen molar-refractivity contribution in [3.63, 3.8) is 0 Å². The lowest BCUT2D eigenvalue weighted by molar-refractivity contribution is 0.0700. The van der Waals surface area contributed by atoms with Gasteiger partial charge in [-0.1, -0.05) is 24.7 Å². The number of carboxylic acid groups (broad SMARTS) is 1. The molecular weight excluding hydrogens is 236 g/mol. The van der Waals surface area contributed by atoms with E-state index in [0.717, 1.165) is 30.2 Å². The minimum absolute atomic E-state index is 0.418. The molecule has 1 aromatic rings. The Morgan fingerprint density at radius 3 is 2.71 bits per heavy atom. The number of hydrogen-bond acceptors (Lipinski definition) is 4. The van der Waals surface area contributed by atoms with Gasteiger partial charge in [-0.2, -0.15) is 0 Å². The van der Waals surface area contributed by atoms with E-state index < -0.39 is 5.97 Å². The maximum Gasteiger partial charge on any atom is 0.347 e. The number of anilines is 1. The Kier molecular flexibility index (Phi) is 3.66. The summed E-state index contributed by atoms with van der Waals surface area (Å²) in [7, 11) is 0. The standard InChI is InChI=1S/C12H18N2O2S/c1-3-5-9-10(11(15)16)17-12(13-9)14(4-2)8-6-7-8/h8H,3-7H2,1-2H3,(H,15,16). The number of hydrogen-bond donors (Lipinski definition) is 1. The highest BCUT2D eigenvalue weighted by atomic mass is 32.1. The van der Waals surface area contributed by atoms with E-state index in [1.165, 1.54) is 24.2 Å². The summed E-state index contributed by atoms with van der Waals surface area (Å²) < 4.78 is 0. The summed E-state index contributed by atoms with van der Waals surface area (Å²) in [4.78, 5) is 18.3. The third kappa shape index (κ3) is 2.60. The summed E-state index contributed by atoms with van der Waals surface area (Å²) in [6, 6.07) is 0.585. The molecule has 0 aliphatic heterocycles. The predicted molar refractivity (Wildman–Crippen MR) is 69.1 cm³/mol.